The molecular formula is C11H18N2O3S. The molecular weight excluding hydrogens is 240 g/mol. The van der Waals surface area contributed by atoms with Crippen molar-refractivity contribution < 1.29 is 14.6 Å². The van der Waals surface area contributed by atoms with Crippen LogP contribution in [0.2, 0.25) is 0 Å². The maximum Gasteiger partial charge on any atom is 0.355 e. The van der Waals surface area contributed by atoms with E-state index >= 15 is 0 Å². The number of aromatic carboxylic acids is 1. The fourth-order valence-corrected chi connectivity index (χ4v) is 2.74. The summed E-state index contributed by atoms with van der Waals surface area (Å²) >= 11 is 1.41. The van der Waals surface area contributed by atoms with E-state index in [1.54, 1.807) is 14.0 Å². The number of aryl methyl sites for hydroxylation is 1. The number of hydrogen-bond donors (Lipinski definition) is 1. The number of carboxylic acids is 1. The zero-order chi connectivity index (χ0) is 13.0. The molecule has 5 nitrogen and oxygen atoms in total. The second-order valence-corrected chi connectivity index (χ2v) is 4.98. The van der Waals surface area contributed by atoms with Crippen molar-refractivity contribution in [3.8, 4) is 0 Å². The smallest absolute Gasteiger partial charge is 0.355 e. The summed E-state index contributed by atoms with van der Waals surface area (Å²) in [5.41, 5.74) is 0.146. The number of likely N-dealkylation sites (N-methyl/N-ethyl adjacent to an activating group) is 1. The predicted octanol–water partition coefficient (Wildman–Crippen LogP) is 2.01. The number of carboxylic acid groups (broad SMARTS) is 1. The van der Waals surface area contributed by atoms with Crippen molar-refractivity contribution in [2.24, 2.45) is 0 Å². The predicted molar refractivity (Wildman–Crippen MR) is 68.2 cm³/mol. The van der Waals surface area contributed by atoms with Crippen LogP contribution in [0.3, 0.4) is 0 Å². The summed E-state index contributed by atoms with van der Waals surface area (Å²) in [7, 11) is 1.65. The largest absolute Gasteiger partial charge is 0.476 e. The molecule has 1 aromatic heterocycles. The Morgan fingerprint density at radius 1 is 1.65 bits per heavy atom. The van der Waals surface area contributed by atoms with Gasteiger partial charge in [-0.25, -0.2) is 9.78 Å². The lowest BCUT2D eigenvalue weighted by atomic mass is 10.3. The van der Waals surface area contributed by atoms with Crippen molar-refractivity contribution in [2.75, 3.05) is 25.2 Å². The Hall–Kier alpha value is -1.14. The third-order valence-electron chi connectivity index (χ3n) is 2.51. The third-order valence-corrected chi connectivity index (χ3v) is 3.52. The average Bonchev–Trinajstić information content (AvgIpc) is 2.62. The van der Waals surface area contributed by atoms with Crippen molar-refractivity contribution in [3.63, 3.8) is 0 Å². The van der Waals surface area contributed by atoms with Gasteiger partial charge in [-0.1, -0.05) is 0 Å². The van der Waals surface area contributed by atoms with Crippen LogP contribution in [0.4, 0.5) is 5.13 Å². The number of ether oxygens (including phenoxy) is 1. The summed E-state index contributed by atoms with van der Waals surface area (Å²) in [5.74, 6) is -0.972. The summed E-state index contributed by atoms with van der Waals surface area (Å²) in [6.07, 6.45) is 0. The van der Waals surface area contributed by atoms with E-state index in [-0.39, 0.29) is 11.7 Å². The van der Waals surface area contributed by atoms with Crippen LogP contribution >= 0.6 is 11.3 Å². The number of thiazole rings is 1. The molecule has 6 heteroatoms. The quantitative estimate of drug-likeness (QED) is 0.845. The fourth-order valence-electron chi connectivity index (χ4n) is 1.67. The first-order chi connectivity index (χ1) is 8.01. The number of hydrogen-bond acceptors (Lipinski definition) is 5. The van der Waals surface area contributed by atoms with Gasteiger partial charge in [0.05, 0.1) is 12.6 Å². The topological polar surface area (TPSA) is 62.7 Å². The molecule has 0 saturated carbocycles. The van der Waals surface area contributed by atoms with E-state index in [9.17, 15) is 4.79 Å². The molecule has 0 aliphatic carbocycles. The van der Waals surface area contributed by atoms with E-state index in [1.807, 2.05) is 18.7 Å². The van der Waals surface area contributed by atoms with Crippen LogP contribution in [0, 0.1) is 6.92 Å². The van der Waals surface area contributed by atoms with Gasteiger partial charge in [-0.05, 0) is 20.8 Å². The van der Waals surface area contributed by atoms with Gasteiger partial charge < -0.3 is 14.7 Å². The van der Waals surface area contributed by atoms with E-state index < -0.39 is 5.97 Å². The summed E-state index contributed by atoms with van der Waals surface area (Å²) in [6, 6.07) is 0.178. The van der Waals surface area contributed by atoms with Crippen molar-refractivity contribution in [3.05, 3.63) is 10.6 Å². The highest BCUT2D eigenvalue weighted by Gasteiger charge is 2.20. The molecule has 0 fully saturated rings. The standard InChI is InChI=1S/C11H18N2O3S/c1-5-13(7(2)6-16-4)11-12-9(10(14)15)8(3)17-11/h7H,5-6H2,1-4H3,(H,14,15). The summed E-state index contributed by atoms with van der Waals surface area (Å²) < 4.78 is 5.11. The highest BCUT2D eigenvalue weighted by atomic mass is 32.1. The Labute approximate surface area is 105 Å². The van der Waals surface area contributed by atoms with Gasteiger partial charge in [0.25, 0.3) is 0 Å². The molecule has 0 bridgehead atoms. The molecule has 1 atom stereocenters. The highest BCUT2D eigenvalue weighted by Crippen LogP contribution is 2.27. The minimum absolute atomic E-state index is 0.146. The maximum absolute atomic E-state index is 10.9. The van der Waals surface area contributed by atoms with Gasteiger partial charge in [0, 0.05) is 18.5 Å². The Balaban J connectivity index is 2.96. The number of nitrogens with zero attached hydrogens (tertiary/aromatic N) is 2. The molecule has 96 valence electrons. The summed E-state index contributed by atoms with van der Waals surface area (Å²) in [6.45, 7) is 7.19. The highest BCUT2D eigenvalue weighted by molar-refractivity contribution is 7.15. The molecule has 1 N–H and O–H groups in total. The van der Waals surface area contributed by atoms with Crippen LogP contribution in [-0.4, -0.2) is 42.4 Å². The first-order valence-electron chi connectivity index (χ1n) is 5.47. The molecule has 0 aliphatic rings. The van der Waals surface area contributed by atoms with Crippen molar-refractivity contribution in [1.82, 2.24) is 4.98 Å². The second kappa shape index (κ2) is 5.97. The summed E-state index contributed by atoms with van der Waals surface area (Å²) in [5, 5.41) is 9.72. The van der Waals surface area contributed by atoms with Gasteiger partial charge in [0.2, 0.25) is 0 Å². The molecule has 0 amide bonds. The Bertz CT molecular complexity index is 392. The molecule has 17 heavy (non-hydrogen) atoms. The van der Waals surface area contributed by atoms with Gasteiger partial charge in [-0.3, -0.25) is 0 Å². The molecule has 0 aliphatic heterocycles. The number of aromatic nitrogens is 1. The molecule has 1 unspecified atom stereocenters. The van der Waals surface area contributed by atoms with Gasteiger partial charge in [0.1, 0.15) is 0 Å². The fraction of sp³-hybridized carbons (Fsp3) is 0.636. The maximum atomic E-state index is 10.9. The van der Waals surface area contributed by atoms with E-state index in [2.05, 4.69) is 4.98 Å². The van der Waals surface area contributed by atoms with Crippen LogP contribution < -0.4 is 4.90 Å². The molecule has 1 aromatic rings. The average molecular weight is 258 g/mol. The zero-order valence-corrected chi connectivity index (χ0v) is 11.4. The first-order valence-corrected chi connectivity index (χ1v) is 6.29. The molecule has 0 spiro atoms. The third kappa shape index (κ3) is 3.17. The molecule has 1 rings (SSSR count). The van der Waals surface area contributed by atoms with E-state index in [0.29, 0.717) is 6.61 Å². The van der Waals surface area contributed by atoms with Crippen LogP contribution in [0.5, 0.6) is 0 Å². The Kier molecular flexibility index (Phi) is 4.89. The SMILES string of the molecule is CCN(c1nc(C(=O)O)c(C)s1)C(C)COC. The zero-order valence-electron chi connectivity index (χ0n) is 10.6. The Morgan fingerprint density at radius 3 is 2.71 bits per heavy atom. The van der Waals surface area contributed by atoms with Gasteiger partial charge in [-0.15, -0.1) is 11.3 Å². The van der Waals surface area contributed by atoms with Crippen LogP contribution in [0.1, 0.15) is 29.2 Å². The number of rotatable bonds is 6. The van der Waals surface area contributed by atoms with E-state index in [1.165, 1.54) is 11.3 Å². The summed E-state index contributed by atoms with van der Waals surface area (Å²) in [4.78, 5) is 17.9. The lowest BCUT2D eigenvalue weighted by Crippen LogP contribution is -2.36. The van der Waals surface area contributed by atoms with E-state index in [4.69, 9.17) is 9.84 Å². The molecule has 0 radical (unpaired) electrons. The van der Waals surface area contributed by atoms with Crippen molar-refractivity contribution >= 4 is 22.4 Å². The van der Waals surface area contributed by atoms with Gasteiger partial charge in [-0.2, -0.15) is 0 Å². The number of anilines is 1. The van der Waals surface area contributed by atoms with Crippen molar-refractivity contribution in [2.45, 2.75) is 26.8 Å². The van der Waals surface area contributed by atoms with E-state index in [0.717, 1.165) is 16.6 Å². The molecule has 0 saturated heterocycles. The van der Waals surface area contributed by atoms with Crippen molar-refractivity contribution in [1.29, 1.82) is 0 Å². The second-order valence-electron chi connectivity index (χ2n) is 3.80. The molecule has 0 aromatic carbocycles. The Morgan fingerprint density at radius 2 is 2.29 bits per heavy atom. The first kappa shape index (κ1) is 13.9. The minimum atomic E-state index is -0.972. The minimum Gasteiger partial charge on any atom is -0.476 e. The normalized spacial score (nSPS) is 12.5. The van der Waals surface area contributed by atoms with Gasteiger partial charge in [0.15, 0.2) is 10.8 Å². The lowest BCUT2D eigenvalue weighted by Gasteiger charge is -2.26. The number of carbonyl (C=O) groups is 1. The lowest BCUT2D eigenvalue weighted by molar-refractivity contribution is 0.0690. The van der Waals surface area contributed by atoms with Crippen LogP contribution in [0.15, 0.2) is 0 Å². The van der Waals surface area contributed by atoms with Crippen LogP contribution in [-0.2, 0) is 4.74 Å². The monoisotopic (exact) mass is 258 g/mol. The number of methoxy groups -OCH3 is 1. The van der Waals surface area contributed by atoms with Crippen LogP contribution in [0.25, 0.3) is 0 Å². The molecule has 1 heterocycles. The van der Waals surface area contributed by atoms with Gasteiger partial charge >= 0.3 is 5.97 Å².